The van der Waals surface area contributed by atoms with Crippen molar-refractivity contribution in [3.63, 3.8) is 0 Å². The number of rotatable bonds is 4. The van der Waals surface area contributed by atoms with Gasteiger partial charge in [0, 0.05) is 47.7 Å². The number of hydrogen-bond donors (Lipinski definition) is 1. The van der Waals surface area contributed by atoms with Crippen molar-refractivity contribution in [3.05, 3.63) is 53.6 Å². The fourth-order valence-electron chi connectivity index (χ4n) is 3.46. The van der Waals surface area contributed by atoms with Gasteiger partial charge in [-0.3, -0.25) is 9.78 Å². The second-order valence-electron chi connectivity index (χ2n) is 7.33. The molecule has 2 aromatic rings. The molecule has 0 saturated carbocycles. The van der Waals surface area contributed by atoms with Crippen LogP contribution in [0.15, 0.2) is 36.4 Å². The number of hydrogen-bond acceptors (Lipinski definition) is 3. The molecule has 2 heterocycles. The normalized spacial score (nSPS) is 17.4. The van der Waals surface area contributed by atoms with Crippen molar-refractivity contribution < 1.29 is 9.18 Å². The van der Waals surface area contributed by atoms with Crippen LogP contribution in [-0.4, -0.2) is 28.9 Å². The number of aromatic nitrogens is 1. The summed E-state index contributed by atoms with van der Waals surface area (Å²) in [6, 6.07) is 10.3. The van der Waals surface area contributed by atoms with E-state index in [1.807, 2.05) is 37.8 Å². The molecule has 26 heavy (non-hydrogen) atoms. The van der Waals surface area contributed by atoms with Crippen LogP contribution in [0.5, 0.6) is 0 Å². The first kappa shape index (κ1) is 18.4. The van der Waals surface area contributed by atoms with Crippen LogP contribution in [-0.2, 0) is 4.79 Å². The summed E-state index contributed by atoms with van der Waals surface area (Å²) in [6.45, 7) is 7.42. The van der Waals surface area contributed by atoms with Crippen LogP contribution in [0.25, 0.3) is 0 Å². The lowest BCUT2D eigenvalue weighted by atomic mass is 9.93. The summed E-state index contributed by atoms with van der Waals surface area (Å²) in [5.74, 6) is 0.237. The molecule has 0 bridgehead atoms. The number of halogens is 1. The van der Waals surface area contributed by atoms with Crippen LogP contribution in [0.3, 0.4) is 0 Å². The summed E-state index contributed by atoms with van der Waals surface area (Å²) in [6.07, 6.45) is 2.04. The van der Waals surface area contributed by atoms with E-state index in [0.29, 0.717) is 0 Å². The van der Waals surface area contributed by atoms with Gasteiger partial charge in [-0.2, -0.15) is 0 Å². The largest absolute Gasteiger partial charge is 0.355 e. The van der Waals surface area contributed by atoms with E-state index in [-0.39, 0.29) is 23.6 Å². The fourth-order valence-corrected chi connectivity index (χ4v) is 3.46. The summed E-state index contributed by atoms with van der Waals surface area (Å²) in [5, 5.41) is 3.32. The van der Waals surface area contributed by atoms with E-state index < -0.39 is 0 Å². The first-order chi connectivity index (χ1) is 12.4. The van der Waals surface area contributed by atoms with Gasteiger partial charge in [0.1, 0.15) is 5.82 Å². The Labute approximate surface area is 154 Å². The smallest absolute Gasteiger partial charge is 0.225 e. The number of benzene rings is 1. The Morgan fingerprint density at radius 3 is 2.65 bits per heavy atom. The van der Waals surface area contributed by atoms with Gasteiger partial charge in [-0.05, 0) is 56.2 Å². The number of anilines is 2. The van der Waals surface area contributed by atoms with Crippen molar-refractivity contribution in [2.75, 3.05) is 18.4 Å². The van der Waals surface area contributed by atoms with Gasteiger partial charge in [-0.1, -0.05) is 13.8 Å². The van der Waals surface area contributed by atoms with Gasteiger partial charge in [0.15, 0.2) is 0 Å². The van der Waals surface area contributed by atoms with Crippen molar-refractivity contribution in [2.24, 2.45) is 5.92 Å². The maximum absolute atomic E-state index is 13.1. The maximum atomic E-state index is 13.1. The number of nitrogens with one attached hydrogen (secondary N) is 1. The van der Waals surface area contributed by atoms with Crippen LogP contribution in [0, 0.1) is 18.7 Å². The minimum absolute atomic E-state index is 0.0231. The molecule has 1 fully saturated rings. The molecule has 1 aliphatic heterocycles. The number of aryl methyl sites for hydroxylation is 1. The van der Waals surface area contributed by atoms with Crippen molar-refractivity contribution in [3.8, 4) is 0 Å². The summed E-state index contributed by atoms with van der Waals surface area (Å²) in [4.78, 5) is 19.0. The fraction of sp³-hybridized carbons (Fsp3) is 0.429. The lowest BCUT2D eigenvalue weighted by molar-refractivity contribution is -0.135. The van der Waals surface area contributed by atoms with Crippen LogP contribution >= 0.6 is 0 Å². The average Bonchev–Trinajstić information content (AvgIpc) is 2.62. The number of amides is 1. The van der Waals surface area contributed by atoms with Crippen LogP contribution in [0.1, 0.15) is 44.0 Å². The van der Waals surface area contributed by atoms with E-state index in [2.05, 4.69) is 5.32 Å². The molecule has 1 atom stereocenters. The minimum Gasteiger partial charge on any atom is -0.355 e. The molecule has 1 aliphatic rings. The standard InChI is InChI=1S/C21H26FN3O/c1-14(2)21(26)25-10-4-5-16(13-25)20-12-19(11-15(3)23-20)24-18-8-6-17(22)7-9-18/h6-9,11-12,14,16H,4-5,10,13H2,1-3H3,(H,23,24)/t16-/m1/s1. The molecule has 138 valence electrons. The zero-order valence-electron chi connectivity index (χ0n) is 15.6. The van der Waals surface area contributed by atoms with Gasteiger partial charge in [0.05, 0.1) is 0 Å². The number of piperidine rings is 1. The van der Waals surface area contributed by atoms with E-state index >= 15 is 0 Å². The molecule has 1 aromatic heterocycles. The third-order valence-electron chi connectivity index (χ3n) is 4.75. The highest BCUT2D eigenvalue weighted by Gasteiger charge is 2.27. The third kappa shape index (κ3) is 4.40. The van der Waals surface area contributed by atoms with E-state index in [4.69, 9.17) is 4.98 Å². The summed E-state index contributed by atoms with van der Waals surface area (Å²) >= 11 is 0. The van der Waals surface area contributed by atoms with Crippen molar-refractivity contribution >= 4 is 17.3 Å². The molecule has 1 N–H and O–H groups in total. The molecule has 0 aliphatic carbocycles. The molecule has 1 saturated heterocycles. The number of pyridine rings is 1. The SMILES string of the molecule is Cc1cc(Nc2ccc(F)cc2)cc([C@@H]2CCCN(C(=O)C(C)C)C2)n1. The minimum atomic E-state index is -0.251. The van der Waals surface area contributed by atoms with Gasteiger partial charge < -0.3 is 10.2 Å². The Morgan fingerprint density at radius 2 is 1.96 bits per heavy atom. The lowest BCUT2D eigenvalue weighted by Gasteiger charge is -2.34. The Hall–Kier alpha value is -2.43. The molecular weight excluding hydrogens is 329 g/mol. The van der Waals surface area contributed by atoms with Crippen LogP contribution < -0.4 is 5.32 Å². The van der Waals surface area contributed by atoms with Crippen molar-refractivity contribution in [2.45, 2.75) is 39.5 Å². The van der Waals surface area contributed by atoms with Gasteiger partial charge in [0.25, 0.3) is 0 Å². The van der Waals surface area contributed by atoms with Crippen LogP contribution in [0.2, 0.25) is 0 Å². The van der Waals surface area contributed by atoms with Gasteiger partial charge in [-0.25, -0.2) is 4.39 Å². The first-order valence-corrected chi connectivity index (χ1v) is 9.22. The second kappa shape index (κ2) is 7.85. The summed E-state index contributed by atoms with van der Waals surface area (Å²) in [5.41, 5.74) is 3.71. The van der Waals surface area contributed by atoms with Gasteiger partial charge in [0.2, 0.25) is 5.91 Å². The highest BCUT2D eigenvalue weighted by Crippen LogP contribution is 2.29. The average molecular weight is 355 g/mol. The predicted octanol–water partition coefficient (Wildman–Crippen LogP) is 4.63. The van der Waals surface area contributed by atoms with E-state index in [0.717, 1.165) is 48.7 Å². The molecular formula is C21H26FN3O. The van der Waals surface area contributed by atoms with Gasteiger partial charge >= 0.3 is 0 Å². The molecule has 5 heteroatoms. The molecule has 0 spiro atoms. The zero-order chi connectivity index (χ0) is 18.7. The molecule has 0 unspecified atom stereocenters. The Bertz CT molecular complexity index is 773. The number of carbonyl (C=O) groups is 1. The summed E-state index contributed by atoms with van der Waals surface area (Å²) in [7, 11) is 0. The number of likely N-dealkylation sites (tertiary alicyclic amines) is 1. The Balaban J connectivity index is 1.78. The van der Waals surface area contributed by atoms with Crippen LogP contribution in [0.4, 0.5) is 15.8 Å². The number of carbonyl (C=O) groups excluding carboxylic acids is 1. The quantitative estimate of drug-likeness (QED) is 0.869. The van der Waals surface area contributed by atoms with Gasteiger partial charge in [-0.15, -0.1) is 0 Å². The summed E-state index contributed by atoms with van der Waals surface area (Å²) < 4.78 is 13.1. The Kier molecular flexibility index (Phi) is 5.55. The van der Waals surface area contributed by atoms with E-state index in [1.165, 1.54) is 12.1 Å². The molecule has 1 aromatic carbocycles. The monoisotopic (exact) mass is 355 g/mol. The molecule has 1 amide bonds. The third-order valence-corrected chi connectivity index (χ3v) is 4.75. The molecule has 3 rings (SSSR count). The lowest BCUT2D eigenvalue weighted by Crippen LogP contribution is -2.41. The van der Waals surface area contributed by atoms with Crippen molar-refractivity contribution in [1.29, 1.82) is 0 Å². The maximum Gasteiger partial charge on any atom is 0.225 e. The van der Waals surface area contributed by atoms with E-state index in [1.54, 1.807) is 12.1 Å². The second-order valence-corrected chi connectivity index (χ2v) is 7.33. The topological polar surface area (TPSA) is 45.2 Å². The first-order valence-electron chi connectivity index (χ1n) is 9.22. The zero-order valence-corrected chi connectivity index (χ0v) is 15.6. The highest BCUT2D eigenvalue weighted by atomic mass is 19.1. The predicted molar refractivity (Wildman–Crippen MR) is 102 cm³/mol. The highest BCUT2D eigenvalue weighted by molar-refractivity contribution is 5.78. The molecule has 0 radical (unpaired) electrons. The molecule has 4 nitrogen and oxygen atoms in total. The number of nitrogens with zero attached hydrogens (tertiary/aromatic N) is 2. The Morgan fingerprint density at radius 1 is 1.23 bits per heavy atom. The van der Waals surface area contributed by atoms with Crippen molar-refractivity contribution in [1.82, 2.24) is 9.88 Å². The van der Waals surface area contributed by atoms with E-state index in [9.17, 15) is 9.18 Å².